The number of fused-ring (bicyclic) bond motifs is 1. The number of carbonyl (C=O) groups is 3. The Labute approximate surface area is 189 Å². The first-order chi connectivity index (χ1) is 14.8. The van der Waals surface area contributed by atoms with Gasteiger partial charge in [-0.3, -0.25) is 9.59 Å². The lowest BCUT2D eigenvalue weighted by Crippen LogP contribution is -2.49. The molecule has 7 nitrogen and oxygen atoms in total. The molecular weight excluding hydrogens is 436 g/mol. The second kappa shape index (κ2) is 8.72. The van der Waals surface area contributed by atoms with Gasteiger partial charge in [0.25, 0.3) is 5.91 Å². The molecule has 1 unspecified atom stereocenters. The number of allylic oxidation sites excluding steroid dienone is 1. The number of aryl methyl sites for hydroxylation is 1. The lowest BCUT2D eigenvalue weighted by molar-refractivity contribution is -0.126. The van der Waals surface area contributed by atoms with Crippen molar-refractivity contribution in [2.75, 3.05) is 0 Å². The van der Waals surface area contributed by atoms with Crippen LogP contribution in [-0.4, -0.2) is 28.8 Å². The highest BCUT2D eigenvalue weighted by Crippen LogP contribution is 2.34. The highest BCUT2D eigenvalue weighted by atomic mass is 35.5. The summed E-state index contributed by atoms with van der Waals surface area (Å²) in [6.45, 7) is 6.82. The van der Waals surface area contributed by atoms with Crippen molar-refractivity contribution in [3.63, 3.8) is 0 Å². The van der Waals surface area contributed by atoms with E-state index in [2.05, 4.69) is 22.5 Å². The van der Waals surface area contributed by atoms with Gasteiger partial charge in [0.15, 0.2) is 0 Å². The molecule has 0 radical (unpaired) electrons. The van der Waals surface area contributed by atoms with Crippen LogP contribution in [0.3, 0.4) is 0 Å². The minimum atomic E-state index is -0.458. The van der Waals surface area contributed by atoms with Crippen LogP contribution in [0.15, 0.2) is 36.5 Å². The van der Waals surface area contributed by atoms with E-state index >= 15 is 0 Å². The van der Waals surface area contributed by atoms with Crippen molar-refractivity contribution >= 4 is 40.8 Å². The maximum Gasteiger partial charge on any atom is 0.315 e. The second-order valence-corrected chi connectivity index (χ2v) is 9.31. The normalized spacial score (nSPS) is 18.1. The molecule has 31 heavy (non-hydrogen) atoms. The van der Waals surface area contributed by atoms with Crippen molar-refractivity contribution < 1.29 is 14.4 Å². The van der Waals surface area contributed by atoms with Crippen LogP contribution in [0.5, 0.6) is 0 Å². The number of nitrogens with one attached hydrogen (secondary N) is 3. The average molecular weight is 459 g/mol. The molecule has 162 valence electrons. The lowest BCUT2D eigenvalue weighted by atomic mass is 10.0. The Morgan fingerprint density at radius 1 is 1.29 bits per heavy atom. The fraction of sp³-hybridized carbons (Fsp3) is 0.318. The summed E-state index contributed by atoms with van der Waals surface area (Å²) < 4.78 is 0. The molecule has 0 spiro atoms. The smallest absolute Gasteiger partial charge is 0.315 e. The van der Waals surface area contributed by atoms with Crippen molar-refractivity contribution in [3.05, 3.63) is 68.0 Å². The summed E-state index contributed by atoms with van der Waals surface area (Å²) in [6.07, 6.45) is 1.26. The Hall–Kier alpha value is -2.84. The first-order valence-electron chi connectivity index (χ1n) is 9.99. The van der Waals surface area contributed by atoms with Gasteiger partial charge in [0, 0.05) is 28.7 Å². The van der Waals surface area contributed by atoms with Gasteiger partial charge in [-0.15, -0.1) is 11.3 Å². The molecule has 1 aromatic carbocycles. The van der Waals surface area contributed by atoms with Gasteiger partial charge in [0.2, 0.25) is 5.91 Å². The molecular formula is C22H23ClN4O3S. The summed E-state index contributed by atoms with van der Waals surface area (Å²) in [6, 6.07) is 6.85. The summed E-state index contributed by atoms with van der Waals surface area (Å²) in [5.41, 5.74) is 3.50. The number of hydrogen-bond donors (Lipinski definition) is 3. The SMILES string of the molecule is C=C1CCC(N2Cc3cc(CNC(=O)NCc4ccc(C)c(Cl)c4)sc3C2=O)C(=O)N1. The molecule has 0 aliphatic carbocycles. The van der Waals surface area contributed by atoms with Crippen LogP contribution in [0.4, 0.5) is 4.79 Å². The molecule has 3 N–H and O–H groups in total. The van der Waals surface area contributed by atoms with Crippen LogP contribution in [-0.2, 0) is 24.4 Å². The number of amides is 4. The van der Waals surface area contributed by atoms with Gasteiger partial charge in [0.05, 0.1) is 11.4 Å². The second-order valence-electron chi connectivity index (χ2n) is 7.77. The first-order valence-corrected chi connectivity index (χ1v) is 11.2. The van der Waals surface area contributed by atoms with Crippen molar-refractivity contribution in [1.29, 1.82) is 0 Å². The predicted octanol–water partition coefficient (Wildman–Crippen LogP) is 3.46. The molecule has 1 saturated heterocycles. The summed E-state index contributed by atoms with van der Waals surface area (Å²) in [5.74, 6) is -0.298. The van der Waals surface area contributed by atoms with Crippen molar-refractivity contribution in [2.45, 2.75) is 45.4 Å². The zero-order valence-corrected chi connectivity index (χ0v) is 18.7. The van der Waals surface area contributed by atoms with Gasteiger partial charge < -0.3 is 20.9 Å². The number of nitrogens with zero attached hydrogens (tertiary/aromatic N) is 1. The van der Waals surface area contributed by atoms with Gasteiger partial charge in [-0.05, 0) is 48.6 Å². The highest BCUT2D eigenvalue weighted by molar-refractivity contribution is 7.14. The molecule has 1 fully saturated rings. The summed E-state index contributed by atoms with van der Waals surface area (Å²) in [7, 11) is 0. The van der Waals surface area contributed by atoms with E-state index in [1.165, 1.54) is 11.3 Å². The molecule has 1 aromatic heterocycles. The zero-order chi connectivity index (χ0) is 22.1. The number of carbonyl (C=O) groups excluding carboxylic acids is 3. The number of rotatable bonds is 5. The van der Waals surface area contributed by atoms with Crippen molar-refractivity contribution in [3.8, 4) is 0 Å². The third-order valence-corrected chi connectivity index (χ3v) is 7.04. The maximum atomic E-state index is 12.8. The van der Waals surface area contributed by atoms with Gasteiger partial charge >= 0.3 is 6.03 Å². The molecule has 4 rings (SSSR count). The Balaban J connectivity index is 1.29. The maximum absolute atomic E-state index is 12.8. The average Bonchev–Trinajstić information content (AvgIpc) is 3.26. The third-order valence-electron chi connectivity index (χ3n) is 5.47. The van der Waals surface area contributed by atoms with E-state index in [-0.39, 0.29) is 17.8 Å². The molecule has 4 amide bonds. The molecule has 2 aromatic rings. The number of thiophene rings is 1. The van der Waals surface area contributed by atoms with Crippen molar-refractivity contribution in [2.24, 2.45) is 0 Å². The highest BCUT2D eigenvalue weighted by Gasteiger charge is 2.39. The largest absolute Gasteiger partial charge is 0.334 e. The van der Waals surface area contributed by atoms with Gasteiger partial charge in [-0.2, -0.15) is 0 Å². The molecule has 9 heteroatoms. The summed E-state index contributed by atoms with van der Waals surface area (Å²) in [5, 5.41) is 9.02. The Morgan fingerprint density at radius 2 is 2.06 bits per heavy atom. The van der Waals surface area contributed by atoms with Crippen LogP contribution in [0.1, 0.15) is 44.1 Å². The summed E-state index contributed by atoms with van der Waals surface area (Å²) >= 11 is 7.47. The Morgan fingerprint density at radius 3 is 2.77 bits per heavy atom. The quantitative estimate of drug-likeness (QED) is 0.640. The number of piperidine rings is 1. The van der Waals surface area contributed by atoms with E-state index in [4.69, 9.17) is 11.6 Å². The van der Waals surface area contributed by atoms with Crippen LogP contribution in [0.2, 0.25) is 5.02 Å². The fourth-order valence-corrected chi connectivity index (χ4v) is 5.00. The molecule has 1 atom stereocenters. The van der Waals surface area contributed by atoms with E-state index in [0.717, 1.165) is 21.6 Å². The molecule has 3 heterocycles. The lowest BCUT2D eigenvalue weighted by Gasteiger charge is -2.31. The Bertz CT molecular complexity index is 1080. The number of hydrogen-bond acceptors (Lipinski definition) is 4. The minimum Gasteiger partial charge on any atom is -0.334 e. The van der Waals surface area contributed by atoms with Crippen molar-refractivity contribution in [1.82, 2.24) is 20.9 Å². The molecule has 2 aliphatic heterocycles. The Kier molecular flexibility index (Phi) is 6.02. The number of urea groups is 1. The first kappa shape index (κ1) is 21.4. The topological polar surface area (TPSA) is 90.5 Å². The van der Waals surface area contributed by atoms with E-state index in [1.807, 2.05) is 31.2 Å². The standard InChI is InChI=1S/C22H23ClN4O3S/c1-12-3-5-14(7-17(12)23)9-24-22(30)25-10-16-8-15-11-27(21(29)19(15)31-16)18-6-4-13(2)26-20(18)28/h3,5,7-8,18H,2,4,6,9-11H2,1H3,(H,26,28)(H2,24,25,30). The van der Waals surface area contributed by atoms with Crippen LogP contribution >= 0.6 is 22.9 Å². The number of halogens is 1. The van der Waals surface area contributed by atoms with E-state index in [9.17, 15) is 14.4 Å². The third kappa shape index (κ3) is 4.60. The van der Waals surface area contributed by atoms with Crippen LogP contribution in [0, 0.1) is 6.92 Å². The van der Waals surface area contributed by atoms with Crippen LogP contribution < -0.4 is 16.0 Å². The molecule has 2 aliphatic rings. The van der Waals surface area contributed by atoms with Gasteiger partial charge in [-0.1, -0.05) is 30.3 Å². The minimum absolute atomic E-state index is 0.125. The fourth-order valence-electron chi connectivity index (χ4n) is 3.73. The van der Waals surface area contributed by atoms with E-state index in [1.54, 1.807) is 4.90 Å². The number of benzene rings is 1. The zero-order valence-electron chi connectivity index (χ0n) is 17.1. The van der Waals surface area contributed by atoms with Gasteiger partial charge in [-0.25, -0.2) is 4.79 Å². The van der Waals surface area contributed by atoms with E-state index in [0.29, 0.717) is 48.1 Å². The monoisotopic (exact) mass is 458 g/mol. The molecule has 0 bridgehead atoms. The van der Waals surface area contributed by atoms with Gasteiger partial charge in [0.1, 0.15) is 6.04 Å². The van der Waals surface area contributed by atoms with E-state index < -0.39 is 6.04 Å². The van der Waals surface area contributed by atoms with Crippen LogP contribution in [0.25, 0.3) is 0 Å². The summed E-state index contributed by atoms with van der Waals surface area (Å²) in [4.78, 5) is 40.3. The molecule has 0 saturated carbocycles. The predicted molar refractivity (Wildman–Crippen MR) is 120 cm³/mol.